The van der Waals surface area contributed by atoms with Gasteiger partial charge in [0.1, 0.15) is 0 Å². The van der Waals surface area contributed by atoms with Gasteiger partial charge in [-0.3, -0.25) is 15.1 Å². The summed E-state index contributed by atoms with van der Waals surface area (Å²) in [6, 6.07) is 11.9. The highest BCUT2D eigenvalue weighted by Gasteiger charge is 2.07. The highest BCUT2D eigenvalue weighted by molar-refractivity contribution is 6.31. The van der Waals surface area contributed by atoms with Gasteiger partial charge in [-0.15, -0.1) is 0 Å². The van der Waals surface area contributed by atoms with E-state index in [1.807, 2.05) is 47.3 Å². The zero-order valence-electron chi connectivity index (χ0n) is 12.5. The van der Waals surface area contributed by atoms with Crippen LogP contribution in [0.3, 0.4) is 0 Å². The summed E-state index contributed by atoms with van der Waals surface area (Å²) in [5, 5.41) is 1.75. The Labute approximate surface area is 135 Å². The second kappa shape index (κ2) is 6.24. The van der Waals surface area contributed by atoms with Crippen LogP contribution >= 0.6 is 11.6 Å². The lowest BCUT2D eigenvalue weighted by atomic mass is 10.1. The van der Waals surface area contributed by atoms with Crippen molar-refractivity contribution >= 4 is 34.3 Å². The molecule has 1 N–H and O–H groups in total. The predicted octanol–water partition coefficient (Wildman–Crippen LogP) is 5.16. The number of rotatable bonds is 5. The molecule has 0 bridgehead atoms. The van der Waals surface area contributed by atoms with Gasteiger partial charge in [0, 0.05) is 22.3 Å². The lowest BCUT2D eigenvalue weighted by Crippen LogP contribution is -2.10. The highest BCUT2D eigenvalue weighted by atomic mass is 35.5. The number of nitrogens with zero attached hydrogens (tertiary/aromatic N) is 2. The Kier molecular flexibility index (Phi) is 4.16. The van der Waals surface area contributed by atoms with Crippen molar-refractivity contribution in [1.29, 1.82) is 0 Å². The molecule has 0 aliphatic rings. The summed E-state index contributed by atoms with van der Waals surface area (Å²) in [4.78, 5) is 4.70. The topological polar surface area (TPSA) is 29.9 Å². The van der Waals surface area contributed by atoms with Crippen molar-refractivity contribution in [2.24, 2.45) is 0 Å². The lowest BCUT2D eigenvalue weighted by Gasteiger charge is -2.14. The van der Waals surface area contributed by atoms with Crippen LogP contribution in [0.2, 0.25) is 5.02 Å². The second-order valence-corrected chi connectivity index (χ2v) is 5.63. The summed E-state index contributed by atoms with van der Waals surface area (Å²) < 4.78 is 1.95. The van der Waals surface area contributed by atoms with E-state index in [-0.39, 0.29) is 0 Å². The zero-order chi connectivity index (χ0) is 15.5. The third-order valence-electron chi connectivity index (χ3n) is 3.56. The molecule has 3 aromatic rings. The first kappa shape index (κ1) is 14.7. The number of hydrogen-bond acceptors (Lipinski definition) is 2. The molecule has 0 saturated heterocycles. The number of pyridine rings is 1. The van der Waals surface area contributed by atoms with Crippen molar-refractivity contribution in [2.75, 3.05) is 5.43 Å². The summed E-state index contributed by atoms with van der Waals surface area (Å²) in [6.45, 7) is 5.99. The van der Waals surface area contributed by atoms with Crippen molar-refractivity contribution in [3.63, 3.8) is 0 Å². The van der Waals surface area contributed by atoms with E-state index in [1.165, 1.54) is 0 Å². The van der Waals surface area contributed by atoms with Gasteiger partial charge in [-0.25, -0.2) is 0 Å². The average molecular weight is 312 g/mol. The molecule has 0 unspecified atom stereocenters. The first-order valence-electron chi connectivity index (χ1n) is 7.37. The van der Waals surface area contributed by atoms with E-state index in [9.17, 15) is 0 Å². The Morgan fingerprint density at radius 2 is 2.18 bits per heavy atom. The van der Waals surface area contributed by atoms with Crippen molar-refractivity contribution in [3.05, 3.63) is 65.6 Å². The summed E-state index contributed by atoms with van der Waals surface area (Å²) in [7, 11) is 0. The molecule has 3 rings (SSSR count). The lowest BCUT2D eigenvalue weighted by molar-refractivity contribution is 0.886. The molecule has 0 aliphatic heterocycles. The predicted molar refractivity (Wildman–Crippen MR) is 94.3 cm³/mol. The highest BCUT2D eigenvalue weighted by Crippen LogP contribution is 2.27. The van der Waals surface area contributed by atoms with E-state index in [4.69, 9.17) is 16.6 Å². The Balaban J connectivity index is 2.11. The van der Waals surface area contributed by atoms with E-state index in [1.54, 1.807) is 0 Å². The second-order valence-electron chi connectivity index (χ2n) is 5.19. The van der Waals surface area contributed by atoms with Gasteiger partial charge in [-0.05, 0) is 48.9 Å². The molecular formula is C18H18ClN3. The van der Waals surface area contributed by atoms with Gasteiger partial charge in [0.15, 0.2) is 0 Å². The van der Waals surface area contributed by atoms with Gasteiger partial charge in [-0.2, -0.15) is 0 Å². The summed E-state index contributed by atoms with van der Waals surface area (Å²) in [5.41, 5.74) is 7.43. The summed E-state index contributed by atoms with van der Waals surface area (Å²) in [5.74, 6) is 0. The minimum absolute atomic E-state index is 0.701. The molecule has 0 aliphatic carbocycles. The number of aryl methyl sites for hydroxylation is 1. The number of halogens is 1. The molecule has 2 heterocycles. The number of anilines is 1. The Morgan fingerprint density at radius 3 is 2.95 bits per heavy atom. The number of hydrogen-bond donors (Lipinski definition) is 1. The first-order valence-corrected chi connectivity index (χ1v) is 7.75. The van der Waals surface area contributed by atoms with Crippen LogP contribution in [0.5, 0.6) is 0 Å². The molecule has 4 heteroatoms. The van der Waals surface area contributed by atoms with Crippen LogP contribution in [0.1, 0.15) is 24.7 Å². The quantitative estimate of drug-likeness (QED) is 0.705. The van der Waals surface area contributed by atoms with Gasteiger partial charge in [0.05, 0.1) is 16.9 Å². The van der Waals surface area contributed by atoms with E-state index in [0.717, 1.165) is 40.8 Å². The molecule has 22 heavy (non-hydrogen) atoms. The number of nitrogens with one attached hydrogen (secondary N) is 1. The monoisotopic (exact) mass is 311 g/mol. The molecule has 0 fully saturated rings. The molecule has 0 saturated carbocycles. The van der Waals surface area contributed by atoms with Gasteiger partial charge in [0.25, 0.3) is 0 Å². The van der Waals surface area contributed by atoms with Gasteiger partial charge < -0.3 is 0 Å². The SMILES string of the molecule is C=Cc1cccn1Nc1cc(CCC)nc2cc(Cl)ccc12. The van der Waals surface area contributed by atoms with Crippen LogP contribution in [0, 0.1) is 0 Å². The molecule has 0 spiro atoms. The Hall–Kier alpha value is -2.26. The summed E-state index contributed by atoms with van der Waals surface area (Å²) >= 11 is 6.11. The minimum atomic E-state index is 0.701. The Bertz CT molecular complexity index is 820. The largest absolute Gasteiger partial charge is 0.294 e. The third kappa shape index (κ3) is 2.85. The van der Waals surface area contributed by atoms with Crippen LogP contribution in [-0.4, -0.2) is 9.66 Å². The van der Waals surface area contributed by atoms with Gasteiger partial charge in [0.2, 0.25) is 0 Å². The number of fused-ring (bicyclic) bond motifs is 1. The molecule has 0 radical (unpaired) electrons. The van der Waals surface area contributed by atoms with Crippen LogP contribution in [0.15, 0.2) is 49.2 Å². The smallest absolute Gasteiger partial charge is 0.0741 e. The normalized spacial score (nSPS) is 10.8. The van der Waals surface area contributed by atoms with Crippen LogP contribution in [0.4, 0.5) is 5.69 Å². The number of benzene rings is 1. The fraction of sp³-hybridized carbons (Fsp3) is 0.167. The van der Waals surface area contributed by atoms with Crippen LogP contribution in [-0.2, 0) is 6.42 Å². The zero-order valence-corrected chi connectivity index (χ0v) is 13.3. The average Bonchev–Trinajstić information content (AvgIpc) is 2.94. The van der Waals surface area contributed by atoms with Crippen molar-refractivity contribution in [2.45, 2.75) is 19.8 Å². The maximum atomic E-state index is 6.11. The molecule has 112 valence electrons. The molecule has 2 aromatic heterocycles. The maximum absolute atomic E-state index is 6.11. The van der Waals surface area contributed by atoms with Crippen LogP contribution < -0.4 is 5.43 Å². The van der Waals surface area contributed by atoms with E-state index in [0.29, 0.717) is 5.02 Å². The van der Waals surface area contributed by atoms with Crippen LogP contribution in [0.25, 0.3) is 17.0 Å². The minimum Gasteiger partial charge on any atom is -0.294 e. The molecular weight excluding hydrogens is 294 g/mol. The molecule has 3 nitrogen and oxygen atoms in total. The maximum Gasteiger partial charge on any atom is 0.0741 e. The Morgan fingerprint density at radius 1 is 1.32 bits per heavy atom. The number of aromatic nitrogens is 2. The molecule has 0 amide bonds. The summed E-state index contributed by atoms with van der Waals surface area (Å²) in [6.07, 6.45) is 5.79. The van der Waals surface area contributed by atoms with E-state index in [2.05, 4.69) is 25.0 Å². The standard InChI is InChI=1S/C18H18ClN3/c1-3-6-14-12-18(21-22-10-5-7-15(22)4-2)16-9-8-13(19)11-17(16)20-14/h4-5,7-12H,2-3,6H2,1H3,(H,20,21). The van der Waals surface area contributed by atoms with E-state index < -0.39 is 0 Å². The molecule has 1 aromatic carbocycles. The first-order chi connectivity index (χ1) is 10.7. The van der Waals surface area contributed by atoms with E-state index >= 15 is 0 Å². The van der Waals surface area contributed by atoms with Gasteiger partial charge in [-0.1, -0.05) is 31.5 Å². The van der Waals surface area contributed by atoms with Crippen molar-refractivity contribution in [3.8, 4) is 0 Å². The third-order valence-corrected chi connectivity index (χ3v) is 3.80. The van der Waals surface area contributed by atoms with Crippen molar-refractivity contribution < 1.29 is 0 Å². The fourth-order valence-corrected chi connectivity index (χ4v) is 2.69. The fourth-order valence-electron chi connectivity index (χ4n) is 2.53. The van der Waals surface area contributed by atoms with Gasteiger partial charge >= 0.3 is 0 Å². The molecule has 0 atom stereocenters. The van der Waals surface area contributed by atoms with Crippen molar-refractivity contribution in [1.82, 2.24) is 9.66 Å².